The zero-order valence-corrected chi connectivity index (χ0v) is 13.4. The van der Waals surface area contributed by atoms with E-state index in [0.717, 1.165) is 11.3 Å². The third kappa shape index (κ3) is 3.08. The molecule has 5 heteroatoms. The van der Waals surface area contributed by atoms with E-state index in [-0.39, 0.29) is 5.82 Å². The first kappa shape index (κ1) is 15.5. The van der Waals surface area contributed by atoms with Crippen LogP contribution in [-0.2, 0) is 10.3 Å². The molecule has 0 aliphatic carbocycles. The number of aryl methyl sites for hydroxylation is 1. The maximum atomic E-state index is 13.4. The van der Waals surface area contributed by atoms with Crippen LogP contribution in [0.15, 0.2) is 46.9 Å². The molecule has 0 saturated carbocycles. The van der Waals surface area contributed by atoms with Crippen LogP contribution >= 0.6 is 15.9 Å². The van der Waals surface area contributed by atoms with Gasteiger partial charge in [-0.15, -0.1) is 0 Å². The number of amides is 1. The molecule has 1 unspecified atom stereocenters. The van der Waals surface area contributed by atoms with Crippen LogP contribution in [0.4, 0.5) is 10.1 Å². The molecular weight excluding hydrogens is 335 g/mol. The lowest BCUT2D eigenvalue weighted by Gasteiger charge is -2.30. The van der Waals surface area contributed by atoms with Crippen LogP contribution in [0.5, 0.6) is 0 Å². The summed E-state index contributed by atoms with van der Waals surface area (Å²) in [4.78, 5) is 12.0. The number of hydrogen-bond donors (Lipinski definition) is 2. The van der Waals surface area contributed by atoms with Gasteiger partial charge < -0.3 is 11.1 Å². The van der Waals surface area contributed by atoms with Crippen molar-refractivity contribution < 1.29 is 9.18 Å². The van der Waals surface area contributed by atoms with Crippen molar-refractivity contribution in [3.05, 3.63) is 63.9 Å². The second kappa shape index (κ2) is 5.85. The smallest absolute Gasteiger partial charge is 0.247 e. The summed E-state index contributed by atoms with van der Waals surface area (Å²) in [6.45, 7) is 3.62. The van der Waals surface area contributed by atoms with Gasteiger partial charge in [-0.05, 0) is 59.1 Å². The highest BCUT2D eigenvalue weighted by Crippen LogP contribution is 2.30. The molecule has 110 valence electrons. The molecule has 1 amide bonds. The van der Waals surface area contributed by atoms with Gasteiger partial charge in [0.05, 0.1) is 4.47 Å². The average molecular weight is 351 g/mol. The third-order valence-corrected chi connectivity index (χ3v) is 4.13. The van der Waals surface area contributed by atoms with Crippen LogP contribution in [0.1, 0.15) is 18.1 Å². The molecule has 0 aromatic heterocycles. The number of benzene rings is 2. The zero-order valence-electron chi connectivity index (χ0n) is 11.8. The summed E-state index contributed by atoms with van der Waals surface area (Å²) >= 11 is 3.13. The van der Waals surface area contributed by atoms with Crippen molar-refractivity contribution in [2.45, 2.75) is 19.4 Å². The fourth-order valence-electron chi connectivity index (χ4n) is 2.07. The van der Waals surface area contributed by atoms with Crippen LogP contribution in [0.2, 0.25) is 0 Å². The standard InChI is InChI=1S/C16H16BrFN2O/c1-10-5-3-4-6-14(10)20-16(2,15(19)21)11-7-8-13(18)12(17)9-11/h3-9,20H,1-2H3,(H2,19,21). The normalized spacial score (nSPS) is 13.5. The van der Waals surface area contributed by atoms with E-state index in [1.165, 1.54) is 6.07 Å². The summed E-state index contributed by atoms with van der Waals surface area (Å²) in [5, 5.41) is 3.17. The zero-order chi connectivity index (χ0) is 15.6. The number of hydrogen-bond acceptors (Lipinski definition) is 2. The summed E-state index contributed by atoms with van der Waals surface area (Å²) in [7, 11) is 0. The molecule has 0 spiro atoms. The minimum absolute atomic E-state index is 0.291. The highest BCUT2D eigenvalue weighted by Gasteiger charge is 2.34. The van der Waals surface area contributed by atoms with Crippen molar-refractivity contribution in [3.8, 4) is 0 Å². The van der Waals surface area contributed by atoms with Crippen LogP contribution in [0.3, 0.4) is 0 Å². The Labute approximate surface area is 131 Å². The van der Waals surface area contributed by atoms with Crippen molar-refractivity contribution in [3.63, 3.8) is 0 Å². The van der Waals surface area contributed by atoms with Gasteiger partial charge in [0.15, 0.2) is 0 Å². The van der Waals surface area contributed by atoms with Crippen molar-refractivity contribution in [2.75, 3.05) is 5.32 Å². The molecule has 0 aliphatic heterocycles. The second-order valence-electron chi connectivity index (χ2n) is 5.06. The molecule has 3 N–H and O–H groups in total. The van der Waals surface area contributed by atoms with Crippen LogP contribution < -0.4 is 11.1 Å². The van der Waals surface area contributed by atoms with E-state index in [1.54, 1.807) is 19.1 Å². The summed E-state index contributed by atoms with van der Waals surface area (Å²) in [5.74, 6) is -0.925. The van der Waals surface area contributed by atoms with Gasteiger partial charge in [0.1, 0.15) is 11.4 Å². The maximum Gasteiger partial charge on any atom is 0.247 e. The van der Waals surface area contributed by atoms with Crippen LogP contribution in [0.25, 0.3) is 0 Å². The molecule has 0 bridgehead atoms. The first-order valence-electron chi connectivity index (χ1n) is 6.44. The second-order valence-corrected chi connectivity index (χ2v) is 5.91. The molecule has 2 aromatic carbocycles. The summed E-state index contributed by atoms with van der Waals surface area (Å²) < 4.78 is 13.7. The van der Waals surface area contributed by atoms with Gasteiger partial charge in [-0.1, -0.05) is 24.3 Å². The van der Waals surface area contributed by atoms with Crippen LogP contribution in [-0.4, -0.2) is 5.91 Å². The summed E-state index contributed by atoms with van der Waals surface area (Å²) in [5.41, 5.74) is 6.83. The van der Waals surface area contributed by atoms with E-state index in [9.17, 15) is 9.18 Å². The number of rotatable bonds is 4. The monoisotopic (exact) mass is 350 g/mol. The third-order valence-electron chi connectivity index (χ3n) is 3.52. The average Bonchev–Trinajstić information content (AvgIpc) is 2.44. The predicted molar refractivity (Wildman–Crippen MR) is 85.4 cm³/mol. The lowest BCUT2D eigenvalue weighted by Crippen LogP contribution is -2.45. The quantitative estimate of drug-likeness (QED) is 0.882. The molecule has 0 aliphatic rings. The van der Waals surface area contributed by atoms with E-state index in [4.69, 9.17) is 5.73 Å². The van der Waals surface area contributed by atoms with Crippen molar-refractivity contribution in [2.24, 2.45) is 5.73 Å². The van der Waals surface area contributed by atoms with E-state index in [0.29, 0.717) is 10.0 Å². The molecule has 3 nitrogen and oxygen atoms in total. The molecule has 0 heterocycles. The lowest BCUT2D eigenvalue weighted by atomic mass is 9.90. The Kier molecular flexibility index (Phi) is 4.32. The molecular formula is C16H16BrFN2O. The topological polar surface area (TPSA) is 55.1 Å². The van der Waals surface area contributed by atoms with Crippen LogP contribution in [0, 0.1) is 12.7 Å². The highest BCUT2D eigenvalue weighted by atomic mass is 79.9. The van der Waals surface area contributed by atoms with E-state index in [2.05, 4.69) is 21.2 Å². The van der Waals surface area contributed by atoms with Gasteiger partial charge >= 0.3 is 0 Å². The SMILES string of the molecule is Cc1ccccc1NC(C)(C(N)=O)c1ccc(F)c(Br)c1. The number of para-hydroxylation sites is 1. The van der Waals surface area contributed by atoms with Gasteiger partial charge in [-0.2, -0.15) is 0 Å². The number of primary amides is 1. The first-order valence-corrected chi connectivity index (χ1v) is 7.23. The van der Waals surface area contributed by atoms with Crippen molar-refractivity contribution in [1.82, 2.24) is 0 Å². The number of halogens is 2. The molecule has 21 heavy (non-hydrogen) atoms. The van der Waals surface area contributed by atoms with E-state index in [1.807, 2.05) is 31.2 Å². The molecule has 0 radical (unpaired) electrons. The Morgan fingerprint density at radius 2 is 1.95 bits per heavy atom. The fraction of sp³-hybridized carbons (Fsp3) is 0.188. The number of carbonyl (C=O) groups is 1. The Balaban J connectivity index is 2.48. The molecule has 2 rings (SSSR count). The fourth-order valence-corrected chi connectivity index (χ4v) is 2.44. The predicted octanol–water partition coefficient (Wildman–Crippen LogP) is 3.71. The Hall–Kier alpha value is -1.88. The lowest BCUT2D eigenvalue weighted by molar-refractivity contribution is -0.122. The number of nitrogens with one attached hydrogen (secondary N) is 1. The summed E-state index contributed by atoms with van der Waals surface area (Å²) in [6, 6.07) is 12.0. The molecule has 2 aromatic rings. The Bertz CT molecular complexity index is 690. The molecule has 1 atom stereocenters. The van der Waals surface area contributed by atoms with E-state index >= 15 is 0 Å². The Morgan fingerprint density at radius 3 is 2.52 bits per heavy atom. The maximum absolute atomic E-state index is 13.4. The van der Waals surface area contributed by atoms with Gasteiger partial charge in [0.25, 0.3) is 0 Å². The minimum Gasteiger partial charge on any atom is -0.368 e. The van der Waals surface area contributed by atoms with E-state index < -0.39 is 11.4 Å². The largest absolute Gasteiger partial charge is 0.368 e. The van der Waals surface area contributed by atoms with Gasteiger partial charge in [0, 0.05) is 5.69 Å². The first-order chi connectivity index (χ1) is 9.84. The van der Waals surface area contributed by atoms with Gasteiger partial charge in [0.2, 0.25) is 5.91 Å². The van der Waals surface area contributed by atoms with Gasteiger partial charge in [-0.3, -0.25) is 4.79 Å². The van der Waals surface area contributed by atoms with Crippen molar-refractivity contribution >= 4 is 27.5 Å². The number of nitrogens with two attached hydrogens (primary N) is 1. The minimum atomic E-state index is -1.14. The highest BCUT2D eigenvalue weighted by molar-refractivity contribution is 9.10. The molecule has 0 saturated heterocycles. The molecule has 0 fully saturated rings. The van der Waals surface area contributed by atoms with Gasteiger partial charge in [-0.25, -0.2) is 4.39 Å². The van der Waals surface area contributed by atoms with Crippen molar-refractivity contribution in [1.29, 1.82) is 0 Å². The number of anilines is 1. The number of carbonyl (C=O) groups excluding carboxylic acids is 1. The summed E-state index contributed by atoms with van der Waals surface area (Å²) in [6.07, 6.45) is 0. The Morgan fingerprint density at radius 1 is 1.29 bits per heavy atom.